The molecule has 1 atom stereocenters. The first kappa shape index (κ1) is 11.5. The molecule has 0 spiro atoms. The van der Waals surface area contributed by atoms with Crippen LogP contribution in [0.1, 0.15) is 25.1 Å². The lowest BCUT2D eigenvalue weighted by Crippen LogP contribution is -2.38. The molecular weight excluding hydrogens is 226 g/mol. The highest BCUT2D eigenvalue weighted by Gasteiger charge is 2.21. The zero-order chi connectivity index (χ0) is 12.5. The Balaban J connectivity index is 1.87. The predicted molar refractivity (Wildman–Crippen MR) is 71.4 cm³/mol. The van der Waals surface area contributed by atoms with E-state index in [9.17, 15) is 0 Å². The fourth-order valence-electron chi connectivity index (χ4n) is 2.71. The van der Waals surface area contributed by atoms with E-state index < -0.39 is 0 Å². The van der Waals surface area contributed by atoms with Gasteiger partial charge in [-0.1, -0.05) is 6.42 Å². The fourth-order valence-corrected chi connectivity index (χ4v) is 2.71. The van der Waals surface area contributed by atoms with E-state index in [2.05, 4.69) is 22.1 Å². The molecule has 3 heterocycles. The van der Waals surface area contributed by atoms with Crippen LogP contribution in [-0.2, 0) is 6.42 Å². The van der Waals surface area contributed by atoms with Gasteiger partial charge in [-0.25, -0.2) is 0 Å². The fraction of sp³-hybridized carbons (Fsp3) is 0.538. The van der Waals surface area contributed by atoms with E-state index in [1.807, 2.05) is 22.7 Å². The van der Waals surface area contributed by atoms with Gasteiger partial charge in [0.1, 0.15) is 5.82 Å². The van der Waals surface area contributed by atoms with Crippen molar-refractivity contribution in [3.63, 3.8) is 0 Å². The molecule has 5 nitrogen and oxygen atoms in total. The Labute approximate surface area is 107 Å². The number of likely N-dealkylation sites (N-methyl/N-ethyl adjacent to an activating group) is 1. The minimum absolute atomic E-state index is 0.576. The summed E-state index contributed by atoms with van der Waals surface area (Å²) in [7, 11) is 2.20. The summed E-state index contributed by atoms with van der Waals surface area (Å²) in [5.74, 6) is 1.01. The summed E-state index contributed by atoms with van der Waals surface area (Å²) in [4.78, 5) is 2.43. The molecule has 0 aliphatic carbocycles. The zero-order valence-corrected chi connectivity index (χ0v) is 10.7. The van der Waals surface area contributed by atoms with Crippen molar-refractivity contribution in [1.82, 2.24) is 19.5 Å². The van der Waals surface area contributed by atoms with E-state index >= 15 is 0 Å². The summed E-state index contributed by atoms with van der Waals surface area (Å²) in [5, 5.41) is 8.48. The molecule has 0 amide bonds. The van der Waals surface area contributed by atoms with Crippen LogP contribution in [0.15, 0.2) is 18.3 Å². The van der Waals surface area contributed by atoms with Crippen LogP contribution in [0.4, 0.5) is 5.69 Å². The van der Waals surface area contributed by atoms with Crippen molar-refractivity contribution in [2.45, 2.75) is 31.7 Å². The van der Waals surface area contributed by atoms with E-state index in [0.29, 0.717) is 6.04 Å². The maximum absolute atomic E-state index is 5.83. The maximum Gasteiger partial charge on any atom is 0.160 e. The second-order valence-corrected chi connectivity index (χ2v) is 5.14. The van der Waals surface area contributed by atoms with Gasteiger partial charge in [0.25, 0.3) is 0 Å². The predicted octanol–water partition coefficient (Wildman–Crippen LogP) is 1.34. The standard InChI is InChI=1S/C13H19N5/c1-17-7-3-2-4-11(17)8-13-16-15-12-6-5-10(14)9-18(12)13/h5-6,9,11H,2-4,7-8,14H2,1H3. The Morgan fingerprint density at radius 3 is 3.06 bits per heavy atom. The first-order valence-corrected chi connectivity index (χ1v) is 6.53. The van der Waals surface area contributed by atoms with E-state index in [4.69, 9.17) is 5.73 Å². The molecule has 0 bridgehead atoms. The number of fused-ring (bicyclic) bond motifs is 1. The Morgan fingerprint density at radius 1 is 1.33 bits per heavy atom. The Bertz CT molecular complexity index is 547. The topological polar surface area (TPSA) is 59.5 Å². The Hall–Kier alpha value is -1.62. The molecule has 3 rings (SSSR count). The number of likely N-dealkylation sites (tertiary alicyclic amines) is 1. The highest BCUT2D eigenvalue weighted by Crippen LogP contribution is 2.19. The van der Waals surface area contributed by atoms with Crippen molar-refractivity contribution in [1.29, 1.82) is 0 Å². The smallest absolute Gasteiger partial charge is 0.160 e. The number of hydrogen-bond acceptors (Lipinski definition) is 4. The van der Waals surface area contributed by atoms with Crippen LogP contribution in [0, 0.1) is 0 Å². The zero-order valence-electron chi connectivity index (χ0n) is 10.7. The van der Waals surface area contributed by atoms with Gasteiger partial charge in [0.2, 0.25) is 0 Å². The van der Waals surface area contributed by atoms with Crippen molar-refractivity contribution in [2.24, 2.45) is 0 Å². The van der Waals surface area contributed by atoms with E-state index in [1.54, 1.807) is 0 Å². The van der Waals surface area contributed by atoms with Crippen molar-refractivity contribution in [3.8, 4) is 0 Å². The quantitative estimate of drug-likeness (QED) is 0.867. The minimum atomic E-state index is 0.576. The van der Waals surface area contributed by atoms with Crippen LogP contribution in [0.2, 0.25) is 0 Å². The number of piperidine rings is 1. The molecule has 1 unspecified atom stereocenters. The average molecular weight is 245 g/mol. The van der Waals surface area contributed by atoms with Gasteiger partial charge in [-0.2, -0.15) is 0 Å². The van der Waals surface area contributed by atoms with Gasteiger partial charge in [-0.05, 0) is 38.6 Å². The molecule has 0 saturated carbocycles. The van der Waals surface area contributed by atoms with Crippen LogP contribution >= 0.6 is 0 Å². The van der Waals surface area contributed by atoms with Crippen LogP contribution in [0.25, 0.3) is 5.65 Å². The third kappa shape index (κ3) is 2.06. The van der Waals surface area contributed by atoms with Crippen LogP contribution in [-0.4, -0.2) is 39.1 Å². The maximum atomic E-state index is 5.83. The summed E-state index contributed by atoms with van der Waals surface area (Å²) >= 11 is 0. The molecule has 5 heteroatoms. The SMILES string of the molecule is CN1CCCCC1Cc1nnc2ccc(N)cn12. The molecule has 0 aromatic carbocycles. The lowest BCUT2D eigenvalue weighted by Gasteiger charge is -2.31. The number of rotatable bonds is 2. The number of pyridine rings is 1. The molecule has 2 N–H and O–H groups in total. The first-order chi connectivity index (χ1) is 8.74. The largest absolute Gasteiger partial charge is 0.398 e. The third-order valence-corrected chi connectivity index (χ3v) is 3.84. The number of nitrogen functional groups attached to an aromatic ring is 1. The third-order valence-electron chi connectivity index (χ3n) is 3.84. The molecular formula is C13H19N5. The lowest BCUT2D eigenvalue weighted by molar-refractivity contribution is 0.182. The highest BCUT2D eigenvalue weighted by atomic mass is 15.3. The number of hydrogen-bond donors (Lipinski definition) is 1. The van der Waals surface area contributed by atoms with Crippen molar-refractivity contribution < 1.29 is 0 Å². The minimum Gasteiger partial charge on any atom is -0.398 e. The van der Waals surface area contributed by atoms with Gasteiger partial charge in [0.05, 0.1) is 0 Å². The van der Waals surface area contributed by atoms with Crippen molar-refractivity contribution in [2.75, 3.05) is 19.3 Å². The highest BCUT2D eigenvalue weighted by molar-refractivity contribution is 5.47. The monoisotopic (exact) mass is 245 g/mol. The number of nitrogens with two attached hydrogens (primary N) is 1. The molecule has 2 aromatic heterocycles. The second-order valence-electron chi connectivity index (χ2n) is 5.14. The van der Waals surface area contributed by atoms with Gasteiger partial charge in [0, 0.05) is 24.3 Å². The molecule has 18 heavy (non-hydrogen) atoms. The van der Waals surface area contributed by atoms with Gasteiger partial charge >= 0.3 is 0 Å². The van der Waals surface area contributed by atoms with Crippen LogP contribution < -0.4 is 5.73 Å². The van der Waals surface area contributed by atoms with Crippen LogP contribution in [0.5, 0.6) is 0 Å². The Morgan fingerprint density at radius 2 is 2.22 bits per heavy atom. The molecule has 96 valence electrons. The number of anilines is 1. The van der Waals surface area contributed by atoms with E-state index in [-0.39, 0.29) is 0 Å². The van der Waals surface area contributed by atoms with Crippen LogP contribution in [0.3, 0.4) is 0 Å². The second kappa shape index (κ2) is 4.57. The van der Waals surface area contributed by atoms with Gasteiger partial charge in [-0.15, -0.1) is 10.2 Å². The van der Waals surface area contributed by atoms with Gasteiger partial charge < -0.3 is 10.6 Å². The lowest BCUT2D eigenvalue weighted by atomic mass is 10.00. The number of aromatic nitrogens is 3. The molecule has 1 fully saturated rings. The summed E-state index contributed by atoms with van der Waals surface area (Å²) < 4.78 is 2.01. The van der Waals surface area contributed by atoms with E-state index in [0.717, 1.165) is 23.6 Å². The summed E-state index contributed by atoms with van der Waals surface area (Å²) in [6, 6.07) is 4.35. The molecule has 0 radical (unpaired) electrons. The van der Waals surface area contributed by atoms with Gasteiger partial charge in [0.15, 0.2) is 5.65 Å². The molecule has 1 aliphatic rings. The number of nitrogens with zero attached hydrogens (tertiary/aromatic N) is 4. The molecule has 1 aliphatic heterocycles. The molecule has 1 saturated heterocycles. The van der Waals surface area contributed by atoms with Crippen molar-refractivity contribution >= 4 is 11.3 Å². The normalized spacial score (nSPS) is 21.5. The summed E-state index contributed by atoms with van der Waals surface area (Å²) in [5.41, 5.74) is 7.45. The summed E-state index contributed by atoms with van der Waals surface area (Å²) in [6.07, 6.45) is 6.72. The van der Waals surface area contributed by atoms with Gasteiger partial charge in [-0.3, -0.25) is 4.40 Å². The Kier molecular flexibility index (Phi) is 2.91. The van der Waals surface area contributed by atoms with Crippen molar-refractivity contribution in [3.05, 3.63) is 24.2 Å². The first-order valence-electron chi connectivity index (χ1n) is 6.53. The average Bonchev–Trinajstić information content (AvgIpc) is 2.75. The summed E-state index contributed by atoms with van der Waals surface area (Å²) in [6.45, 7) is 1.18. The molecule has 2 aromatic rings. The van der Waals surface area contributed by atoms with E-state index in [1.165, 1.54) is 25.8 Å².